The predicted octanol–water partition coefficient (Wildman–Crippen LogP) is 3.43. The van der Waals surface area contributed by atoms with Crippen molar-refractivity contribution in [3.63, 3.8) is 0 Å². The Morgan fingerprint density at radius 1 is 1.28 bits per heavy atom. The fourth-order valence-corrected chi connectivity index (χ4v) is 1.55. The molecule has 1 aromatic heterocycles. The maximum atomic E-state index is 13.5. The van der Waals surface area contributed by atoms with Crippen LogP contribution in [0.3, 0.4) is 0 Å². The Balaban J connectivity index is 0.000000771. The van der Waals surface area contributed by atoms with Crippen LogP contribution in [-0.2, 0) is 4.74 Å². The molecule has 0 fully saturated rings. The Labute approximate surface area is 105 Å². The van der Waals surface area contributed by atoms with Gasteiger partial charge in [-0.1, -0.05) is 13.8 Å². The zero-order chi connectivity index (χ0) is 13.7. The maximum Gasteiger partial charge on any atom is 0.418 e. The maximum absolute atomic E-state index is 13.5. The molecule has 0 amide bonds. The van der Waals surface area contributed by atoms with Crippen LogP contribution >= 0.6 is 0 Å². The highest BCUT2D eigenvalue weighted by molar-refractivity contribution is 5.90. The molecule has 2 rings (SSSR count). The molecule has 0 radical (unpaired) electrons. The average Bonchev–Trinajstić information content (AvgIpc) is 2.81. The third-order valence-electron chi connectivity index (χ3n) is 2.34. The summed E-state index contributed by atoms with van der Waals surface area (Å²) in [7, 11) is 2.66. The monoisotopic (exact) mass is 253 g/mol. The zero-order valence-electron chi connectivity index (χ0n) is 10.9. The molecule has 0 aliphatic rings. The highest BCUT2D eigenvalue weighted by Crippen LogP contribution is 2.25. The van der Waals surface area contributed by atoms with Gasteiger partial charge in [-0.2, -0.15) is 0 Å². The van der Waals surface area contributed by atoms with E-state index in [-0.39, 0.29) is 5.75 Å². The van der Waals surface area contributed by atoms with Crippen molar-refractivity contribution < 1.29 is 18.7 Å². The molecule has 18 heavy (non-hydrogen) atoms. The molecule has 2 aromatic rings. The Morgan fingerprint density at radius 3 is 2.50 bits per heavy atom. The molecular formula is C13H16FNO3. The van der Waals surface area contributed by atoms with Crippen LogP contribution < -0.4 is 4.74 Å². The summed E-state index contributed by atoms with van der Waals surface area (Å²) in [5.41, 5.74) is 0.449. The van der Waals surface area contributed by atoms with Gasteiger partial charge in [0.1, 0.15) is 0 Å². The second kappa shape index (κ2) is 6.05. The van der Waals surface area contributed by atoms with Crippen LogP contribution in [0.5, 0.6) is 5.75 Å². The lowest BCUT2D eigenvalue weighted by Gasteiger charge is -2.04. The normalized spacial score (nSPS) is 9.61. The summed E-state index contributed by atoms with van der Waals surface area (Å²) in [5.74, 6) is -0.367. The number of benzene rings is 1. The second-order valence-corrected chi connectivity index (χ2v) is 3.20. The number of methoxy groups -OCH3 is 2. The molecule has 0 atom stereocenters. The molecule has 98 valence electrons. The van der Waals surface area contributed by atoms with Gasteiger partial charge in [0.2, 0.25) is 0 Å². The van der Waals surface area contributed by atoms with Crippen LogP contribution in [-0.4, -0.2) is 24.9 Å². The number of carbonyl (C=O) groups is 1. The lowest BCUT2D eigenvalue weighted by Crippen LogP contribution is -2.09. The fourth-order valence-electron chi connectivity index (χ4n) is 1.55. The van der Waals surface area contributed by atoms with Crippen molar-refractivity contribution >= 4 is 17.0 Å². The van der Waals surface area contributed by atoms with Gasteiger partial charge in [0.25, 0.3) is 0 Å². The largest absolute Gasteiger partial charge is 0.494 e. The number of nitrogens with zero attached hydrogens (tertiary/aromatic N) is 1. The SMILES string of the molecule is CC.COC(=O)n1ccc2cc(OC)c(F)cc21. The number of hydrogen-bond acceptors (Lipinski definition) is 3. The van der Waals surface area contributed by atoms with Crippen molar-refractivity contribution in [3.05, 3.63) is 30.2 Å². The molecule has 0 bridgehead atoms. The van der Waals surface area contributed by atoms with Gasteiger partial charge in [0, 0.05) is 17.6 Å². The molecule has 0 saturated carbocycles. The molecule has 0 aliphatic heterocycles. The first-order valence-electron chi connectivity index (χ1n) is 5.60. The third-order valence-corrected chi connectivity index (χ3v) is 2.34. The van der Waals surface area contributed by atoms with Gasteiger partial charge < -0.3 is 9.47 Å². The van der Waals surface area contributed by atoms with E-state index in [1.807, 2.05) is 13.8 Å². The lowest BCUT2D eigenvalue weighted by atomic mass is 10.2. The van der Waals surface area contributed by atoms with E-state index in [4.69, 9.17) is 4.74 Å². The van der Waals surface area contributed by atoms with Crippen LogP contribution in [0, 0.1) is 5.82 Å². The van der Waals surface area contributed by atoms with Gasteiger partial charge >= 0.3 is 6.09 Å². The van der Waals surface area contributed by atoms with E-state index < -0.39 is 11.9 Å². The Hall–Kier alpha value is -2.04. The van der Waals surface area contributed by atoms with Crippen molar-refractivity contribution in [1.82, 2.24) is 4.57 Å². The Bertz CT molecular complexity index is 548. The van der Waals surface area contributed by atoms with Gasteiger partial charge in [-0.25, -0.2) is 9.18 Å². The number of rotatable bonds is 1. The molecule has 1 aromatic carbocycles. The van der Waals surface area contributed by atoms with Crippen molar-refractivity contribution in [1.29, 1.82) is 0 Å². The second-order valence-electron chi connectivity index (χ2n) is 3.20. The summed E-state index contributed by atoms with van der Waals surface area (Å²) < 4.78 is 24.1. The van der Waals surface area contributed by atoms with E-state index in [1.54, 1.807) is 6.07 Å². The van der Waals surface area contributed by atoms with Crippen molar-refractivity contribution in [2.45, 2.75) is 13.8 Å². The van der Waals surface area contributed by atoms with E-state index in [0.717, 1.165) is 0 Å². The summed E-state index contributed by atoms with van der Waals surface area (Å²) in [5, 5.41) is 0.712. The molecule has 0 unspecified atom stereocenters. The van der Waals surface area contributed by atoms with E-state index >= 15 is 0 Å². The van der Waals surface area contributed by atoms with E-state index in [9.17, 15) is 9.18 Å². The number of hydrogen-bond donors (Lipinski definition) is 0. The number of halogens is 1. The predicted molar refractivity (Wildman–Crippen MR) is 67.6 cm³/mol. The molecular weight excluding hydrogens is 237 g/mol. The minimum Gasteiger partial charge on any atom is -0.494 e. The summed E-state index contributed by atoms with van der Waals surface area (Å²) >= 11 is 0. The lowest BCUT2D eigenvalue weighted by molar-refractivity contribution is 0.174. The van der Waals surface area contributed by atoms with Crippen LogP contribution in [0.2, 0.25) is 0 Å². The number of ether oxygens (including phenoxy) is 2. The highest BCUT2D eigenvalue weighted by atomic mass is 19.1. The molecule has 0 aliphatic carbocycles. The van der Waals surface area contributed by atoms with Gasteiger partial charge in [0.05, 0.1) is 19.7 Å². The van der Waals surface area contributed by atoms with Crippen molar-refractivity contribution in [2.24, 2.45) is 0 Å². The number of carbonyl (C=O) groups excluding carboxylic acids is 1. The van der Waals surface area contributed by atoms with E-state index in [2.05, 4.69) is 4.74 Å². The van der Waals surface area contributed by atoms with E-state index in [1.165, 1.54) is 37.1 Å². The van der Waals surface area contributed by atoms with Crippen LogP contribution in [0.1, 0.15) is 13.8 Å². The van der Waals surface area contributed by atoms with Gasteiger partial charge in [-0.05, 0) is 12.1 Å². The summed E-state index contributed by atoms with van der Waals surface area (Å²) in [6, 6.07) is 4.46. The first-order chi connectivity index (χ1) is 8.67. The third kappa shape index (κ3) is 2.45. The van der Waals surface area contributed by atoms with Gasteiger partial charge in [0.15, 0.2) is 11.6 Å². The Morgan fingerprint density at radius 2 is 1.94 bits per heavy atom. The van der Waals surface area contributed by atoms with Crippen molar-refractivity contribution in [3.8, 4) is 5.75 Å². The quantitative estimate of drug-likeness (QED) is 0.781. The van der Waals surface area contributed by atoms with Crippen LogP contribution in [0.25, 0.3) is 10.9 Å². The van der Waals surface area contributed by atoms with Gasteiger partial charge in [-0.3, -0.25) is 4.57 Å². The first-order valence-corrected chi connectivity index (χ1v) is 5.60. The van der Waals surface area contributed by atoms with E-state index in [0.29, 0.717) is 10.9 Å². The topological polar surface area (TPSA) is 40.5 Å². The highest BCUT2D eigenvalue weighted by Gasteiger charge is 2.12. The molecule has 0 N–H and O–H groups in total. The smallest absolute Gasteiger partial charge is 0.418 e. The molecule has 5 heteroatoms. The molecule has 0 spiro atoms. The summed E-state index contributed by atoms with van der Waals surface area (Å²) in [6.45, 7) is 4.00. The standard InChI is InChI=1S/C11H10FNO3.C2H6/c1-15-10-5-7-3-4-13(11(14)16-2)9(7)6-8(10)12;1-2/h3-6H,1-2H3;1-2H3. The summed E-state index contributed by atoms with van der Waals surface area (Å²) in [4.78, 5) is 11.3. The minimum atomic E-state index is -0.556. The minimum absolute atomic E-state index is 0.148. The van der Waals surface area contributed by atoms with Crippen molar-refractivity contribution in [2.75, 3.05) is 14.2 Å². The number of aromatic nitrogens is 1. The fraction of sp³-hybridized carbons (Fsp3) is 0.308. The number of fused-ring (bicyclic) bond motifs is 1. The first kappa shape index (κ1) is 14.0. The van der Waals surface area contributed by atoms with Gasteiger partial charge in [-0.15, -0.1) is 0 Å². The Kier molecular flexibility index (Phi) is 4.71. The molecule has 4 nitrogen and oxygen atoms in total. The van der Waals surface area contributed by atoms with Crippen LogP contribution in [0.15, 0.2) is 24.4 Å². The molecule has 0 saturated heterocycles. The summed E-state index contributed by atoms with van der Waals surface area (Å²) in [6.07, 6.45) is 0.967. The van der Waals surface area contributed by atoms with Crippen LogP contribution in [0.4, 0.5) is 9.18 Å². The molecule has 1 heterocycles. The zero-order valence-corrected chi connectivity index (χ0v) is 10.9. The average molecular weight is 253 g/mol.